The van der Waals surface area contributed by atoms with Crippen molar-refractivity contribution in [2.75, 3.05) is 32.7 Å². The topological polar surface area (TPSA) is 64.0 Å². The number of β-amino-alcohol motifs (C(OH)–C–C–N with tert-alkyl or cyclic N) is 1. The maximum Gasteiger partial charge on any atom is 0.306 e. The summed E-state index contributed by atoms with van der Waals surface area (Å²) in [7, 11) is 0. The van der Waals surface area contributed by atoms with E-state index in [0.717, 1.165) is 38.8 Å². The zero-order valence-corrected chi connectivity index (χ0v) is 12.1. The number of hydrogen-bond acceptors (Lipinski definition) is 4. The molecule has 0 aromatic heterocycles. The first-order chi connectivity index (χ1) is 9.56. The highest BCUT2D eigenvalue weighted by Crippen LogP contribution is 2.33. The predicted molar refractivity (Wildman–Crippen MR) is 75.6 cm³/mol. The second-order valence-corrected chi connectivity index (χ2v) is 6.88. The van der Waals surface area contributed by atoms with Crippen molar-refractivity contribution >= 4 is 5.97 Å². The molecule has 0 amide bonds. The van der Waals surface area contributed by atoms with E-state index in [4.69, 9.17) is 5.11 Å². The Morgan fingerprint density at radius 1 is 1.05 bits per heavy atom. The van der Waals surface area contributed by atoms with Crippen molar-refractivity contribution in [3.8, 4) is 0 Å². The molecular formula is C15H26N2O3. The lowest BCUT2D eigenvalue weighted by molar-refractivity contribution is -0.145. The fourth-order valence-electron chi connectivity index (χ4n) is 3.70. The molecule has 3 rings (SSSR count). The maximum absolute atomic E-state index is 11.0. The van der Waals surface area contributed by atoms with E-state index in [-0.39, 0.29) is 5.92 Å². The number of nitrogens with zero attached hydrogens (tertiary/aromatic N) is 2. The summed E-state index contributed by atoms with van der Waals surface area (Å²) >= 11 is 0. The second-order valence-electron chi connectivity index (χ2n) is 6.88. The van der Waals surface area contributed by atoms with Crippen LogP contribution in [0.5, 0.6) is 0 Å². The average molecular weight is 282 g/mol. The SMILES string of the molecule is O=C(O)C1CCC(O)(CN2CCN(C3CC3)CC2)CC1. The van der Waals surface area contributed by atoms with Gasteiger partial charge in [0, 0.05) is 38.8 Å². The molecule has 2 saturated carbocycles. The van der Waals surface area contributed by atoms with Crippen molar-refractivity contribution in [1.29, 1.82) is 0 Å². The molecule has 2 aliphatic carbocycles. The Labute approximate surface area is 120 Å². The molecule has 1 aliphatic heterocycles. The molecule has 0 radical (unpaired) electrons. The summed E-state index contributed by atoms with van der Waals surface area (Å²) in [4.78, 5) is 15.9. The van der Waals surface area contributed by atoms with Gasteiger partial charge in [-0.1, -0.05) is 0 Å². The number of carbonyl (C=O) groups is 1. The monoisotopic (exact) mass is 282 g/mol. The van der Waals surface area contributed by atoms with E-state index in [1.807, 2.05) is 0 Å². The number of rotatable bonds is 4. The summed E-state index contributed by atoms with van der Waals surface area (Å²) in [5.41, 5.74) is -0.659. The van der Waals surface area contributed by atoms with Crippen LogP contribution < -0.4 is 0 Å². The summed E-state index contributed by atoms with van der Waals surface area (Å²) in [5, 5.41) is 19.7. The zero-order chi connectivity index (χ0) is 14.2. The quantitative estimate of drug-likeness (QED) is 0.797. The fourth-order valence-corrected chi connectivity index (χ4v) is 3.70. The van der Waals surface area contributed by atoms with Crippen LogP contribution in [0.4, 0.5) is 0 Å². The molecule has 0 aromatic carbocycles. The second kappa shape index (κ2) is 5.62. The Hall–Kier alpha value is -0.650. The van der Waals surface area contributed by atoms with Crippen molar-refractivity contribution in [2.45, 2.75) is 50.2 Å². The van der Waals surface area contributed by atoms with Crippen LogP contribution in [-0.2, 0) is 4.79 Å². The molecule has 2 N–H and O–H groups in total. The van der Waals surface area contributed by atoms with Crippen LogP contribution in [0.3, 0.4) is 0 Å². The molecule has 0 aromatic rings. The lowest BCUT2D eigenvalue weighted by Crippen LogP contribution is -2.53. The van der Waals surface area contributed by atoms with Gasteiger partial charge in [-0.2, -0.15) is 0 Å². The third-order valence-corrected chi connectivity index (χ3v) is 5.25. The van der Waals surface area contributed by atoms with E-state index in [1.54, 1.807) is 0 Å². The van der Waals surface area contributed by atoms with Gasteiger partial charge in [0.25, 0.3) is 0 Å². The van der Waals surface area contributed by atoms with Crippen molar-refractivity contribution in [3.05, 3.63) is 0 Å². The first kappa shape index (κ1) is 14.3. The first-order valence-electron chi connectivity index (χ1n) is 7.97. The molecule has 1 saturated heterocycles. The van der Waals surface area contributed by atoms with Gasteiger partial charge >= 0.3 is 5.97 Å². The van der Waals surface area contributed by atoms with Gasteiger partial charge in [0.05, 0.1) is 11.5 Å². The van der Waals surface area contributed by atoms with Gasteiger partial charge in [-0.05, 0) is 38.5 Å². The zero-order valence-electron chi connectivity index (χ0n) is 12.1. The Bertz CT molecular complexity index is 354. The van der Waals surface area contributed by atoms with Crippen LogP contribution in [-0.4, -0.2) is 70.3 Å². The number of aliphatic carboxylic acids is 1. The minimum absolute atomic E-state index is 0.248. The van der Waals surface area contributed by atoms with E-state index >= 15 is 0 Å². The van der Waals surface area contributed by atoms with Crippen molar-refractivity contribution in [1.82, 2.24) is 9.80 Å². The smallest absolute Gasteiger partial charge is 0.306 e. The van der Waals surface area contributed by atoms with E-state index in [1.165, 1.54) is 12.8 Å². The van der Waals surface area contributed by atoms with Crippen LogP contribution in [0.15, 0.2) is 0 Å². The number of aliphatic hydroxyl groups is 1. The van der Waals surface area contributed by atoms with Crippen LogP contribution in [0.2, 0.25) is 0 Å². The summed E-state index contributed by atoms with van der Waals surface area (Å²) in [5.74, 6) is -0.952. The standard InChI is InChI=1S/C15H26N2O3/c18-14(19)12-3-5-15(20,6-4-12)11-16-7-9-17(10-8-16)13-1-2-13/h12-13,20H,1-11H2,(H,18,19). The fraction of sp³-hybridized carbons (Fsp3) is 0.933. The molecule has 114 valence electrons. The number of hydrogen-bond donors (Lipinski definition) is 2. The predicted octanol–water partition coefficient (Wildman–Crippen LogP) is 0.772. The normalized spacial score (nSPS) is 37.0. The summed E-state index contributed by atoms with van der Waals surface area (Å²) < 4.78 is 0. The molecule has 0 unspecified atom stereocenters. The van der Waals surface area contributed by atoms with Crippen molar-refractivity contribution in [3.63, 3.8) is 0 Å². The Kier molecular flexibility index (Phi) is 4.02. The third kappa shape index (κ3) is 3.32. The minimum Gasteiger partial charge on any atom is -0.481 e. The number of piperazine rings is 1. The molecular weight excluding hydrogens is 256 g/mol. The summed E-state index contributed by atoms with van der Waals surface area (Å²) in [6, 6.07) is 0.839. The largest absolute Gasteiger partial charge is 0.481 e. The van der Waals surface area contributed by atoms with Crippen LogP contribution in [0.1, 0.15) is 38.5 Å². The molecule has 3 aliphatic rings. The molecule has 0 atom stereocenters. The highest BCUT2D eigenvalue weighted by molar-refractivity contribution is 5.70. The van der Waals surface area contributed by atoms with Gasteiger partial charge in [0.2, 0.25) is 0 Å². The van der Waals surface area contributed by atoms with E-state index in [0.29, 0.717) is 25.7 Å². The average Bonchev–Trinajstić information content (AvgIpc) is 3.24. The van der Waals surface area contributed by atoms with Gasteiger partial charge < -0.3 is 10.2 Å². The number of carboxylic acid groups (broad SMARTS) is 1. The Balaban J connectivity index is 1.44. The highest BCUT2D eigenvalue weighted by atomic mass is 16.4. The molecule has 5 heteroatoms. The van der Waals surface area contributed by atoms with Gasteiger partial charge in [-0.25, -0.2) is 0 Å². The Morgan fingerprint density at radius 3 is 2.15 bits per heavy atom. The maximum atomic E-state index is 11.0. The molecule has 20 heavy (non-hydrogen) atoms. The van der Waals surface area contributed by atoms with Crippen molar-refractivity contribution < 1.29 is 15.0 Å². The summed E-state index contributed by atoms with van der Waals surface area (Å²) in [6.07, 6.45) is 5.22. The molecule has 3 fully saturated rings. The lowest BCUT2D eigenvalue weighted by atomic mass is 9.78. The molecule has 0 bridgehead atoms. The van der Waals surface area contributed by atoms with Crippen LogP contribution >= 0.6 is 0 Å². The molecule has 1 heterocycles. The first-order valence-corrected chi connectivity index (χ1v) is 7.97. The minimum atomic E-state index is -0.704. The Morgan fingerprint density at radius 2 is 1.65 bits per heavy atom. The third-order valence-electron chi connectivity index (χ3n) is 5.25. The van der Waals surface area contributed by atoms with Gasteiger partial charge in [0.1, 0.15) is 0 Å². The van der Waals surface area contributed by atoms with Gasteiger partial charge in [0.15, 0.2) is 0 Å². The molecule has 0 spiro atoms. The van der Waals surface area contributed by atoms with E-state index < -0.39 is 11.6 Å². The van der Waals surface area contributed by atoms with Crippen LogP contribution in [0.25, 0.3) is 0 Å². The van der Waals surface area contributed by atoms with Gasteiger partial charge in [-0.15, -0.1) is 0 Å². The van der Waals surface area contributed by atoms with Crippen molar-refractivity contribution in [2.24, 2.45) is 5.92 Å². The highest BCUT2D eigenvalue weighted by Gasteiger charge is 2.38. The van der Waals surface area contributed by atoms with Crippen LogP contribution in [0, 0.1) is 5.92 Å². The van der Waals surface area contributed by atoms with Gasteiger partial charge in [-0.3, -0.25) is 14.6 Å². The number of carboxylic acids is 1. The van der Waals surface area contributed by atoms with E-state index in [9.17, 15) is 9.90 Å². The van der Waals surface area contributed by atoms with E-state index in [2.05, 4.69) is 9.80 Å². The molecule has 5 nitrogen and oxygen atoms in total. The summed E-state index contributed by atoms with van der Waals surface area (Å²) in [6.45, 7) is 5.05. The lowest BCUT2D eigenvalue weighted by Gasteiger charge is -2.42.